The molecule has 0 aromatic heterocycles. The molecule has 0 saturated carbocycles. The number of carbonyl (C=O) groups excluding carboxylic acids is 1. The van der Waals surface area contributed by atoms with Gasteiger partial charge in [-0.05, 0) is 32.9 Å². The van der Waals surface area contributed by atoms with Crippen LogP contribution in [0.4, 0.5) is 0 Å². The molecule has 18 heavy (non-hydrogen) atoms. The molecule has 2 fully saturated rings. The summed E-state index contributed by atoms with van der Waals surface area (Å²) in [6.45, 7) is 3.17. The summed E-state index contributed by atoms with van der Waals surface area (Å²) in [6, 6.07) is 1.02. The summed E-state index contributed by atoms with van der Waals surface area (Å²) >= 11 is 0. The number of amides is 1. The Morgan fingerprint density at radius 3 is 2.72 bits per heavy atom. The smallest absolute Gasteiger partial charge is 0.221 e. The van der Waals surface area contributed by atoms with Gasteiger partial charge in [0.2, 0.25) is 5.91 Å². The molecule has 2 aliphatic heterocycles. The molecule has 0 aromatic carbocycles. The molecular weight excluding hydrogens is 273 g/mol. The van der Waals surface area contributed by atoms with E-state index in [0.29, 0.717) is 18.5 Å². The fraction of sp³-hybridized carbons (Fsp3) is 0.917. The molecular formula is C12H25Cl2N3O. The maximum Gasteiger partial charge on any atom is 0.221 e. The Kier molecular flexibility index (Phi) is 8.95. The van der Waals surface area contributed by atoms with Crippen LogP contribution in [0.25, 0.3) is 0 Å². The quantitative estimate of drug-likeness (QED) is 0.819. The van der Waals surface area contributed by atoms with E-state index in [-0.39, 0.29) is 30.7 Å². The predicted octanol–water partition coefficient (Wildman–Crippen LogP) is 1.18. The maximum absolute atomic E-state index is 11.7. The van der Waals surface area contributed by atoms with Gasteiger partial charge in [-0.1, -0.05) is 6.42 Å². The highest BCUT2D eigenvalue weighted by Crippen LogP contribution is 2.27. The Balaban J connectivity index is 0.00000144. The number of carbonyl (C=O) groups is 1. The monoisotopic (exact) mass is 297 g/mol. The molecule has 2 atom stereocenters. The zero-order chi connectivity index (χ0) is 11.4. The van der Waals surface area contributed by atoms with Crippen LogP contribution in [0.1, 0.15) is 32.1 Å². The standard InChI is InChI=1S/C12H23N3O.2ClH/c1-13-7-5-12(16)14-10-6-9-15-8-3-2-4-11(10)15;;/h10-11,13H,2-9H2,1H3,(H,14,16);2*1H. The van der Waals surface area contributed by atoms with Crippen LogP contribution in [0.3, 0.4) is 0 Å². The minimum atomic E-state index is 0. The molecule has 4 nitrogen and oxygen atoms in total. The van der Waals surface area contributed by atoms with Crippen LogP contribution in [0.5, 0.6) is 0 Å². The Hall–Kier alpha value is -0.0300. The molecule has 0 bridgehead atoms. The first-order valence-corrected chi connectivity index (χ1v) is 6.49. The van der Waals surface area contributed by atoms with Crippen molar-refractivity contribution in [2.45, 2.75) is 44.2 Å². The van der Waals surface area contributed by atoms with Gasteiger partial charge in [0.15, 0.2) is 0 Å². The average Bonchev–Trinajstić information content (AvgIpc) is 2.70. The van der Waals surface area contributed by atoms with Crippen molar-refractivity contribution in [2.75, 3.05) is 26.7 Å². The first kappa shape index (κ1) is 18.0. The second kappa shape index (κ2) is 8.97. The number of rotatable bonds is 4. The number of nitrogens with zero attached hydrogens (tertiary/aromatic N) is 1. The van der Waals surface area contributed by atoms with Crippen LogP contribution < -0.4 is 10.6 Å². The zero-order valence-electron chi connectivity index (χ0n) is 11.0. The van der Waals surface area contributed by atoms with Crippen molar-refractivity contribution in [1.82, 2.24) is 15.5 Å². The topological polar surface area (TPSA) is 44.4 Å². The third-order valence-electron chi connectivity index (χ3n) is 3.80. The Bertz CT molecular complexity index is 253. The summed E-state index contributed by atoms with van der Waals surface area (Å²) in [6.07, 6.45) is 5.65. The number of fused-ring (bicyclic) bond motifs is 1. The van der Waals surface area contributed by atoms with Gasteiger partial charge in [-0.3, -0.25) is 9.69 Å². The summed E-state index contributed by atoms with van der Waals surface area (Å²) in [5, 5.41) is 6.20. The van der Waals surface area contributed by atoms with Crippen molar-refractivity contribution in [2.24, 2.45) is 0 Å². The summed E-state index contributed by atoms with van der Waals surface area (Å²) in [7, 11) is 1.88. The molecule has 2 aliphatic rings. The number of hydrogen-bond donors (Lipinski definition) is 2. The lowest BCUT2D eigenvalue weighted by atomic mass is 9.99. The summed E-state index contributed by atoms with van der Waals surface area (Å²) < 4.78 is 0. The maximum atomic E-state index is 11.7. The van der Waals surface area contributed by atoms with Crippen LogP contribution in [0.15, 0.2) is 0 Å². The van der Waals surface area contributed by atoms with Gasteiger partial charge in [-0.2, -0.15) is 0 Å². The minimum absolute atomic E-state index is 0. The summed E-state index contributed by atoms with van der Waals surface area (Å²) in [5.41, 5.74) is 0. The van der Waals surface area contributed by atoms with Crippen molar-refractivity contribution in [3.8, 4) is 0 Å². The number of nitrogens with one attached hydrogen (secondary N) is 2. The molecule has 2 saturated heterocycles. The second-order valence-corrected chi connectivity index (χ2v) is 4.92. The highest BCUT2D eigenvalue weighted by Gasteiger charge is 2.35. The largest absolute Gasteiger partial charge is 0.352 e. The summed E-state index contributed by atoms with van der Waals surface area (Å²) in [5.74, 6) is 0.201. The molecule has 2 heterocycles. The lowest BCUT2D eigenvalue weighted by Gasteiger charge is -2.32. The van der Waals surface area contributed by atoms with Crippen molar-refractivity contribution in [3.05, 3.63) is 0 Å². The van der Waals surface area contributed by atoms with Crippen molar-refractivity contribution >= 4 is 30.7 Å². The molecule has 2 N–H and O–H groups in total. The Labute approximate surface area is 122 Å². The lowest BCUT2D eigenvalue weighted by Crippen LogP contribution is -2.47. The zero-order valence-corrected chi connectivity index (χ0v) is 12.6. The number of halogens is 2. The number of hydrogen-bond acceptors (Lipinski definition) is 3. The van der Waals surface area contributed by atoms with Crippen molar-refractivity contribution < 1.29 is 4.79 Å². The fourth-order valence-electron chi connectivity index (χ4n) is 2.93. The van der Waals surface area contributed by atoms with E-state index in [0.717, 1.165) is 13.0 Å². The molecule has 108 valence electrons. The lowest BCUT2D eigenvalue weighted by molar-refractivity contribution is -0.121. The van der Waals surface area contributed by atoms with E-state index >= 15 is 0 Å². The van der Waals surface area contributed by atoms with Gasteiger partial charge >= 0.3 is 0 Å². The Morgan fingerprint density at radius 1 is 1.22 bits per heavy atom. The normalized spacial score (nSPS) is 26.7. The average molecular weight is 298 g/mol. The Morgan fingerprint density at radius 2 is 2.00 bits per heavy atom. The van der Waals surface area contributed by atoms with E-state index in [4.69, 9.17) is 0 Å². The van der Waals surface area contributed by atoms with Crippen LogP contribution in [-0.2, 0) is 4.79 Å². The minimum Gasteiger partial charge on any atom is -0.352 e. The third-order valence-corrected chi connectivity index (χ3v) is 3.80. The van der Waals surface area contributed by atoms with Crippen LogP contribution in [0, 0.1) is 0 Å². The van der Waals surface area contributed by atoms with Crippen LogP contribution in [-0.4, -0.2) is 49.6 Å². The van der Waals surface area contributed by atoms with Crippen LogP contribution >= 0.6 is 24.8 Å². The fourth-order valence-corrected chi connectivity index (χ4v) is 2.93. The van der Waals surface area contributed by atoms with E-state index in [1.54, 1.807) is 0 Å². The molecule has 1 amide bonds. The highest BCUT2D eigenvalue weighted by atomic mass is 35.5. The van der Waals surface area contributed by atoms with Gasteiger partial charge in [-0.25, -0.2) is 0 Å². The molecule has 6 heteroatoms. The summed E-state index contributed by atoms with van der Waals surface area (Å²) in [4.78, 5) is 14.2. The molecule has 0 radical (unpaired) electrons. The van der Waals surface area contributed by atoms with E-state index in [2.05, 4.69) is 15.5 Å². The first-order valence-electron chi connectivity index (χ1n) is 6.49. The predicted molar refractivity (Wildman–Crippen MR) is 78.8 cm³/mol. The van der Waals surface area contributed by atoms with Crippen molar-refractivity contribution in [1.29, 1.82) is 0 Å². The van der Waals surface area contributed by atoms with Gasteiger partial charge in [0.1, 0.15) is 0 Å². The molecule has 0 spiro atoms. The van der Waals surface area contributed by atoms with E-state index in [1.165, 1.54) is 32.4 Å². The molecule has 2 unspecified atom stereocenters. The van der Waals surface area contributed by atoms with E-state index < -0.39 is 0 Å². The molecule has 2 rings (SSSR count). The van der Waals surface area contributed by atoms with Gasteiger partial charge in [0, 0.05) is 31.6 Å². The van der Waals surface area contributed by atoms with Gasteiger partial charge in [-0.15, -0.1) is 24.8 Å². The van der Waals surface area contributed by atoms with Crippen LogP contribution in [0.2, 0.25) is 0 Å². The number of piperidine rings is 1. The highest BCUT2D eigenvalue weighted by molar-refractivity contribution is 5.85. The second-order valence-electron chi connectivity index (χ2n) is 4.92. The van der Waals surface area contributed by atoms with Crippen molar-refractivity contribution in [3.63, 3.8) is 0 Å². The van der Waals surface area contributed by atoms with Gasteiger partial charge in [0.25, 0.3) is 0 Å². The molecule has 0 aliphatic carbocycles. The first-order chi connectivity index (χ1) is 7.81. The molecule has 0 aromatic rings. The van der Waals surface area contributed by atoms with E-state index in [1.807, 2.05) is 7.05 Å². The third kappa shape index (κ3) is 4.57. The van der Waals surface area contributed by atoms with E-state index in [9.17, 15) is 4.79 Å². The van der Waals surface area contributed by atoms with Gasteiger partial charge < -0.3 is 10.6 Å². The van der Waals surface area contributed by atoms with Gasteiger partial charge in [0.05, 0.1) is 0 Å². The SMILES string of the molecule is CNCCC(=O)NC1CCN2CCCCC12.Cl.Cl.